The molecule has 0 saturated carbocycles. The molecule has 0 aliphatic heterocycles. The Morgan fingerprint density at radius 3 is 2.00 bits per heavy atom. The molecule has 0 spiro atoms. The van der Waals surface area contributed by atoms with Crippen LogP contribution in [-0.4, -0.2) is 79.4 Å². The first-order valence-corrected chi connectivity index (χ1v) is 12.2. The number of nitrogens with two attached hydrogens (primary N) is 2. The Labute approximate surface area is 214 Å². The number of rotatable bonds is 16. The van der Waals surface area contributed by atoms with E-state index in [1.807, 2.05) is 0 Å². The Hall–Kier alpha value is -3.78. The number of aliphatic carboxylic acids is 1. The van der Waals surface area contributed by atoms with E-state index in [4.69, 9.17) is 11.5 Å². The maximum atomic E-state index is 13.2. The fraction of sp³-hybridized carbons (Fsp3) is 0.565. The molecular weight excluding hydrogens is 482 g/mol. The molecule has 0 saturated heterocycles. The van der Waals surface area contributed by atoms with Gasteiger partial charge in [-0.05, 0) is 31.7 Å². The summed E-state index contributed by atoms with van der Waals surface area (Å²) in [6, 6.07) is -4.15. The Bertz CT molecular complexity index is 994. The monoisotopic (exact) mass is 519 g/mol. The van der Waals surface area contributed by atoms with Gasteiger partial charge in [0.25, 0.3) is 0 Å². The van der Waals surface area contributed by atoms with Crippen molar-refractivity contribution in [3.05, 3.63) is 36.4 Å². The van der Waals surface area contributed by atoms with Gasteiger partial charge in [0.2, 0.25) is 17.7 Å². The zero-order chi connectivity index (χ0) is 27.4. The van der Waals surface area contributed by atoms with E-state index in [1.54, 1.807) is 20.0 Å². The predicted molar refractivity (Wildman–Crippen MR) is 134 cm³/mol. The molecule has 2 heterocycles. The van der Waals surface area contributed by atoms with Crippen LogP contribution in [0.3, 0.4) is 0 Å². The molecule has 10 N–H and O–H groups in total. The van der Waals surface area contributed by atoms with Gasteiger partial charge in [0.1, 0.15) is 18.1 Å². The third kappa shape index (κ3) is 9.65. The zero-order valence-corrected chi connectivity index (χ0v) is 21.1. The van der Waals surface area contributed by atoms with Gasteiger partial charge >= 0.3 is 5.97 Å². The topological polar surface area (TPSA) is 234 Å². The average molecular weight is 520 g/mol. The molecule has 0 aliphatic carbocycles. The van der Waals surface area contributed by atoms with Crippen LogP contribution in [-0.2, 0) is 32.0 Å². The second kappa shape index (κ2) is 14.7. The first kappa shape index (κ1) is 29.5. The molecule has 37 heavy (non-hydrogen) atoms. The number of nitrogens with one attached hydrogen (secondary N) is 5. The van der Waals surface area contributed by atoms with Gasteiger partial charge in [0.15, 0.2) is 0 Å². The summed E-state index contributed by atoms with van der Waals surface area (Å²) in [5, 5.41) is 17.4. The quantitative estimate of drug-likeness (QED) is 0.121. The first-order chi connectivity index (χ1) is 17.6. The standard InChI is InChI=1S/C23H37N9O5/c1-13(2)19(22(35)31-18(23(36)37)8-15-10-27-12-29-15)32-21(34)17(5-3-4-6-24)30-20(33)16(25)7-14-9-26-11-28-14/h9-13,16-19H,3-8,24-25H2,1-2H3,(H,26,28)(H,27,29)(H,30,33)(H,31,35)(H,32,34)(H,36,37). The number of amides is 3. The van der Waals surface area contributed by atoms with Gasteiger partial charge in [0.05, 0.1) is 18.7 Å². The van der Waals surface area contributed by atoms with Crippen molar-refractivity contribution < 1.29 is 24.3 Å². The molecule has 2 aromatic heterocycles. The molecule has 4 atom stereocenters. The van der Waals surface area contributed by atoms with Crippen molar-refractivity contribution in [3.63, 3.8) is 0 Å². The fourth-order valence-electron chi connectivity index (χ4n) is 3.63. The second-order valence-corrected chi connectivity index (χ2v) is 9.14. The van der Waals surface area contributed by atoms with Crippen LogP contribution in [0.2, 0.25) is 0 Å². The lowest BCUT2D eigenvalue weighted by atomic mass is 10.0. The molecule has 0 aromatic carbocycles. The summed E-state index contributed by atoms with van der Waals surface area (Å²) >= 11 is 0. The Morgan fingerprint density at radius 2 is 1.49 bits per heavy atom. The van der Waals surface area contributed by atoms with E-state index in [1.165, 1.54) is 18.9 Å². The van der Waals surface area contributed by atoms with Crippen molar-refractivity contribution in [2.24, 2.45) is 17.4 Å². The zero-order valence-electron chi connectivity index (χ0n) is 21.1. The van der Waals surface area contributed by atoms with Gasteiger partial charge < -0.3 is 42.5 Å². The first-order valence-electron chi connectivity index (χ1n) is 12.2. The number of nitrogens with zero attached hydrogens (tertiary/aromatic N) is 2. The number of carbonyl (C=O) groups is 4. The lowest BCUT2D eigenvalue weighted by Crippen LogP contribution is -2.58. The average Bonchev–Trinajstić information content (AvgIpc) is 3.55. The molecule has 4 unspecified atom stereocenters. The van der Waals surface area contributed by atoms with E-state index in [9.17, 15) is 24.3 Å². The summed E-state index contributed by atoms with van der Waals surface area (Å²) in [6.45, 7) is 3.86. The molecule has 2 rings (SSSR count). The van der Waals surface area contributed by atoms with Gasteiger partial charge in [0, 0.05) is 36.6 Å². The van der Waals surface area contributed by atoms with Gasteiger partial charge in [-0.3, -0.25) is 14.4 Å². The number of imidazole rings is 2. The molecule has 14 nitrogen and oxygen atoms in total. The highest BCUT2D eigenvalue weighted by Crippen LogP contribution is 2.08. The summed E-state index contributed by atoms with van der Waals surface area (Å²) in [5.74, 6) is -3.35. The van der Waals surface area contributed by atoms with E-state index < -0.39 is 47.9 Å². The number of aromatic amines is 2. The SMILES string of the molecule is CC(C)C(NC(=O)C(CCCCN)NC(=O)C(N)Cc1cnc[nH]1)C(=O)NC(Cc1cnc[nH]1)C(=O)O. The minimum atomic E-state index is -1.23. The van der Waals surface area contributed by atoms with Crippen molar-refractivity contribution in [1.82, 2.24) is 35.9 Å². The highest BCUT2D eigenvalue weighted by Gasteiger charge is 2.32. The lowest BCUT2D eigenvalue weighted by Gasteiger charge is -2.27. The van der Waals surface area contributed by atoms with E-state index in [0.29, 0.717) is 30.8 Å². The molecule has 3 amide bonds. The minimum Gasteiger partial charge on any atom is -0.480 e. The maximum Gasteiger partial charge on any atom is 0.326 e. The van der Waals surface area contributed by atoms with Gasteiger partial charge in [-0.25, -0.2) is 14.8 Å². The third-order valence-electron chi connectivity index (χ3n) is 5.75. The number of carboxylic acid groups (broad SMARTS) is 1. The summed E-state index contributed by atoms with van der Waals surface area (Å²) in [5.41, 5.74) is 12.8. The van der Waals surface area contributed by atoms with Crippen LogP contribution in [0.15, 0.2) is 25.0 Å². The Morgan fingerprint density at radius 1 is 0.892 bits per heavy atom. The number of aromatic nitrogens is 4. The van der Waals surface area contributed by atoms with Gasteiger partial charge in [-0.1, -0.05) is 13.8 Å². The van der Waals surface area contributed by atoms with E-state index in [-0.39, 0.29) is 25.2 Å². The van der Waals surface area contributed by atoms with Crippen LogP contribution in [0.25, 0.3) is 0 Å². The molecule has 0 fully saturated rings. The number of carboxylic acids is 1. The number of carbonyl (C=O) groups excluding carboxylic acids is 3. The van der Waals surface area contributed by atoms with Crippen LogP contribution in [0.1, 0.15) is 44.5 Å². The van der Waals surface area contributed by atoms with Gasteiger partial charge in [-0.15, -0.1) is 0 Å². The predicted octanol–water partition coefficient (Wildman–Crippen LogP) is -1.43. The van der Waals surface area contributed by atoms with Crippen molar-refractivity contribution in [1.29, 1.82) is 0 Å². The smallest absolute Gasteiger partial charge is 0.326 e. The second-order valence-electron chi connectivity index (χ2n) is 9.14. The van der Waals surface area contributed by atoms with E-state index in [2.05, 4.69) is 35.9 Å². The van der Waals surface area contributed by atoms with Crippen LogP contribution >= 0.6 is 0 Å². The summed E-state index contributed by atoms with van der Waals surface area (Å²) in [7, 11) is 0. The van der Waals surface area contributed by atoms with Crippen molar-refractivity contribution >= 4 is 23.7 Å². The Kier molecular flexibility index (Phi) is 11.7. The van der Waals surface area contributed by atoms with Crippen molar-refractivity contribution in [2.75, 3.05) is 6.54 Å². The molecule has 2 aromatic rings. The van der Waals surface area contributed by atoms with Crippen LogP contribution in [0.4, 0.5) is 0 Å². The minimum absolute atomic E-state index is 0.00811. The summed E-state index contributed by atoms with van der Waals surface area (Å²) in [6.07, 6.45) is 7.60. The third-order valence-corrected chi connectivity index (χ3v) is 5.75. The molecule has 204 valence electrons. The summed E-state index contributed by atoms with van der Waals surface area (Å²) < 4.78 is 0. The molecule has 0 bridgehead atoms. The molecule has 14 heteroatoms. The van der Waals surface area contributed by atoms with Crippen LogP contribution in [0.5, 0.6) is 0 Å². The van der Waals surface area contributed by atoms with Crippen LogP contribution < -0.4 is 27.4 Å². The lowest BCUT2D eigenvalue weighted by molar-refractivity contribution is -0.142. The van der Waals surface area contributed by atoms with Crippen molar-refractivity contribution in [3.8, 4) is 0 Å². The maximum absolute atomic E-state index is 13.2. The fourth-order valence-corrected chi connectivity index (χ4v) is 3.63. The molecule has 0 radical (unpaired) electrons. The number of hydrogen-bond donors (Lipinski definition) is 8. The largest absolute Gasteiger partial charge is 0.480 e. The highest BCUT2D eigenvalue weighted by atomic mass is 16.4. The molecule has 0 aliphatic rings. The van der Waals surface area contributed by atoms with E-state index in [0.717, 1.165) is 0 Å². The summed E-state index contributed by atoms with van der Waals surface area (Å²) in [4.78, 5) is 64.0. The number of unbranched alkanes of at least 4 members (excludes halogenated alkanes) is 1. The van der Waals surface area contributed by atoms with E-state index >= 15 is 0 Å². The Balaban J connectivity index is 2.07. The van der Waals surface area contributed by atoms with Gasteiger partial charge in [-0.2, -0.15) is 0 Å². The van der Waals surface area contributed by atoms with Crippen LogP contribution in [0, 0.1) is 5.92 Å². The molecular formula is C23H37N9O5. The normalized spacial score (nSPS) is 14.4. The number of hydrogen-bond acceptors (Lipinski definition) is 8. The van der Waals surface area contributed by atoms with Crippen molar-refractivity contribution in [2.45, 2.75) is 70.1 Å². The highest BCUT2D eigenvalue weighted by molar-refractivity contribution is 5.94. The number of H-pyrrole nitrogens is 2.